The molecule has 3 N–H and O–H groups in total. The predicted molar refractivity (Wildman–Crippen MR) is 89.3 cm³/mol. The second kappa shape index (κ2) is 7.31. The van der Waals surface area contributed by atoms with Crippen molar-refractivity contribution in [3.05, 3.63) is 59.0 Å². The second-order valence-electron chi connectivity index (χ2n) is 5.97. The molecule has 6 nitrogen and oxygen atoms in total. The average Bonchev–Trinajstić information content (AvgIpc) is 2.98. The Balaban J connectivity index is 1.93. The van der Waals surface area contributed by atoms with Crippen LogP contribution in [0.5, 0.6) is 0 Å². The van der Waals surface area contributed by atoms with Gasteiger partial charge in [0, 0.05) is 19.0 Å². The van der Waals surface area contributed by atoms with E-state index in [1.165, 1.54) is 6.92 Å². The minimum absolute atomic E-state index is 0.0342. The summed E-state index contributed by atoms with van der Waals surface area (Å²) < 4.78 is 5.41. The Labute approximate surface area is 140 Å². The normalized spacial score (nSPS) is 13.2. The van der Waals surface area contributed by atoms with Crippen LogP contribution in [0.15, 0.2) is 40.8 Å². The van der Waals surface area contributed by atoms with Crippen molar-refractivity contribution in [2.75, 3.05) is 6.54 Å². The summed E-state index contributed by atoms with van der Waals surface area (Å²) >= 11 is 0. The molecule has 24 heavy (non-hydrogen) atoms. The molecule has 128 valence electrons. The molecule has 2 amide bonds. The van der Waals surface area contributed by atoms with E-state index in [9.17, 15) is 14.7 Å². The number of rotatable bonds is 6. The number of hydrogen-bond acceptors (Lipinski definition) is 4. The van der Waals surface area contributed by atoms with Gasteiger partial charge in [-0.25, -0.2) is 0 Å². The van der Waals surface area contributed by atoms with E-state index in [2.05, 4.69) is 10.6 Å². The number of benzene rings is 1. The minimum Gasteiger partial charge on any atom is -0.463 e. The number of aryl methyl sites for hydroxylation is 1. The molecule has 0 spiro atoms. The van der Waals surface area contributed by atoms with Gasteiger partial charge < -0.3 is 20.2 Å². The van der Waals surface area contributed by atoms with E-state index in [0.717, 1.165) is 5.56 Å². The number of carbonyl (C=O) groups is 2. The van der Waals surface area contributed by atoms with Crippen molar-refractivity contribution < 1.29 is 19.1 Å². The molecular weight excluding hydrogens is 308 g/mol. The van der Waals surface area contributed by atoms with E-state index in [1.54, 1.807) is 50.2 Å². The fourth-order valence-corrected chi connectivity index (χ4v) is 2.17. The van der Waals surface area contributed by atoms with Crippen LogP contribution in [-0.4, -0.2) is 23.5 Å². The number of amides is 2. The first kappa shape index (κ1) is 17.7. The third-order valence-corrected chi connectivity index (χ3v) is 3.62. The summed E-state index contributed by atoms with van der Waals surface area (Å²) in [7, 11) is 0. The van der Waals surface area contributed by atoms with Crippen molar-refractivity contribution in [1.82, 2.24) is 10.6 Å². The molecule has 2 rings (SSSR count). The van der Waals surface area contributed by atoms with E-state index < -0.39 is 5.60 Å². The first-order valence-corrected chi connectivity index (χ1v) is 7.69. The maximum atomic E-state index is 12.2. The number of carbonyl (C=O) groups excluding carboxylic acids is 2. The van der Waals surface area contributed by atoms with Crippen molar-refractivity contribution in [2.45, 2.75) is 32.9 Å². The SMILES string of the molecule is CC(=O)NCc1ccc(C(=O)NCC(C)(O)c2ccc(C)o2)cc1. The molecule has 6 heteroatoms. The standard InChI is InChI=1S/C18H22N2O4/c1-12-4-9-16(24-12)18(3,23)11-20-17(22)15-7-5-14(6-8-15)10-19-13(2)21/h4-9,23H,10-11H2,1-3H3,(H,19,21)(H,20,22). The Morgan fingerprint density at radius 3 is 2.33 bits per heavy atom. The minimum atomic E-state index is -1.28. The highest BCUT2D eigenvalue weighted by Crippen LogP contribution is 2.22. The van der Waals surface area contributed by atoms with Gasteiger partial charge in [-0.2, -0.15) is 0 Å². The third kappa shape index (κ3) is 4.70. The van der Waals surface area contributed by atoms with Crippen molar-refractivity contribution in [1.29, 1.82) is 0 Å². The molecule has 0 radical (unpaired) electrons. The van der Waals surface area contributed by atoms with E-state index in [0.29, 0.717) is 23.6 Å². The van der Waals surface area contributed by atoms with Crippen LogP contribution >= 0.6 is 0 Å². The van der Waals surface area contributed by atoms with Crippen molar-refractivity contribution in [2.24, 2.45) is 0 Å². The Morgan fingerprint density at radius 2 is 1.79 bits per heavy atom. The Bertz CT molecular complexity index is 717. The lowest BCUT2D eigenvalue weighted by atomic mass is 10.0. The molecular formula is C18H22N2O4. The molecule has 0 saturated carbocycles. The summed E-state index contributed by atoms with van der Waals surface area (Å²) in [5.41, 5.74) is 0.0998. The fourth-order valence-electron chi connectivity index (χ4n) is 2.17. The van der Waals surface area contributed by atoms with Gasteiger partial charge in [0.25, 0.3) is 5.91 Å². The summed E-state index contributed by atoms with van der Waals surface area (Å²) in [6, 6.07) is 10.4. The van der Waals surface area contributed by atoms with Crippen LogP contribution in [0, 0.1) is 6.92 Å². The monoisotopic (exact) mass is 330 g/mol. The molecule has 1 aromatic heterocycles. The highest BCUT2D eigenvalue weighted by atomic mass is 16.4. The molecule has 0 aliphatic rings. The second-order valence-corrected chi connectivity index (χ2v) is 5.97. The van der Waals surface area contributed by atoms with E-state index >= 15 is 0 Å². The van der Waals surface area contributed by atoms with Crippen LogP contribution in [0.4, 0.5) is 0 Å². The first-order chi connectivity index (χ1) is 11.3. The van der Waals surface area contributed by atoms with Gasteiger partial charge in [-0.3, -0.25) is 9.59 Å². The van der Waals surface area contributed by atoms with Gasteiger partial charge in [-0.05, 0) is 43.7 Å². The Hall–Kier alpha value is -2.60. The van der Waals surface area contributed by atoms with Gasteiger partial charge >= 0.3 is 0 Å². The lowest BCUT2D eigenvalue weighted by Gasteiger charge is -2.21. The van der Waals surface area contributed by atoms with Gasteiger partial charge in [0.15, 0.2) is 0 Å². The molecule has 1 aromatic carbocycles. The summed E-state index contributed by atoms with van der Waals surface area (Å²) in [6.45, 7) is 5.28. The summed E-state index contributed by atoms with van der Waals surface area (Å²) in [4.78, 5) is 23.1. The summed E-state index contributed by atoms with van der Waals surface area (Å²) in [6.07, 6.45) is 0. The first-order valence-electron chi connectivity index (χ1n) is 7.69. The quantitative estimate of drug-likeness (QED) is 0.754. The molecule has 1 unspecified atom stereocenters. The van der Waals surface area contributed by atoms with Crippen molar-refractivity contribution in [3.63, 3.8) is 0 Å². The maximum absolute atomic E-state index is 12.2. The molecule has 0 aliphatic heterocycles. The van der Waals surface area contributed by atoms with Crippen LogP contribution in [0.25, 0.3) is 0 Å². The van der Waals surface area contributed by atoms with E-state index in [1.807, 2.05) is 0 Å². The highest BCUT2D eigenvalue weighted by Gasteiger charge is 2.27. The lowest BCUT2D eigenvalue weighted by Crippen LogP contribution is -2.38. The highest BCUT2D eigenvalue weighted by molar-refractivity contribution is 5.94. The van der Waals surface area contributed by atoms with Crippen LogP contribution in [0.1, 0.15) is 41.3 Å². The number of furan rings is 1. The third-order valence-electron chi connectivity index (χ3n) is 3.62. The molecule has 0 saturated heterocycles. The zero-order valence-corrected chi connectivity index (χ0v) is 14.1. The molecule has 1 heterocycles. The topological polar surface area (TPSA) is 91.6 Å². The molecule has 0 fully saturated rings. The maximum Gasteiger partial charge on any atom is 0.251 e. The van der Waals surface area contributed by atoms with Crippen LogP contribution in [0.3, 0.4) is 0 Å². The zero-order chi connectivity index (χ0) is 17.7. The fraction of sp³-hybridized carbons (Fsp3) is 0.333. The van der Waals surface area contributed by atoms with Crippen LogP contribution in [0.2, 0.25) is 0 Å². The smallest absolute Gasteiger partial charge is 0.251 e. The summed E-state index contributed by atoms with van der Waals surface area (Å²) in [5, 5.41) is 15.8. The van der Waals surface area contributed by atoms with Crippen LogP contribution in [-0.2, 0) is 16.9 Å². The largest absolute Gasteiger partial charge is 0.463 e. The number of nitrogens with one attached hydrogen (secondary N) is 2. The molecule has 0 aliphatic carbocycles. The molecule has 0 bridgehead atoms. The average molecular weight is 330 g/mol. The van der Waals surface area contributed by atoms with E-state index in [4.69, 9.17) is 4.42 Å². The van der Waals surface area contributed by atoms with Gasteiger partial charge in [0.2, 0.25) is 5.91 Å². The number of aliphatic hydroxyl groups is 1. The van der Waals surface area contributed by atoms with Crippen molar-refractivity contribution in [3.8, 4) is 0 Å². The Kier molecular flexibility index (Phi) is 5.41. The van der Waals surface area contributed by atoms with Crippen molar-refractivity contribution >= 4 is 11.8 Å². The Morgan fingerprint density at radius 1 is 1.12 bits per heavy atom. The lowest BCUT2D eigenvalue weighted by molar-refractivity contribution is -0.119. The van der Waals surface area contributed by atoms with Gasteiger partial charge in [0.1, 0.15) is 17.1 Å². The van der Waals surface area contributed by atoms with E-state index in [-0.39, 0.29) is 18.4 Å². The summed E-state index contributed by atoms with van der Waals surface area (Å²) in [5.74, 6) is 0.717. The zero-order valence-electron chi connectivity index (χ0n) is 14.1. The van der Waals surface area contributed by atoms with Gasteiger partial charge in [-0.1, -0.05) is 12.1 Å². The number of hydrogen-bond donors (Lipinski definition) is 3. The molecule has 1 atom stereocenters. The van der Waals surface area contributed by atoms with Gasteiger partial charge in [-0.15, -0.1) is 0 Å². The van der Waals surface area contributed by atoms with Crippen LogP contribution < -0.4 is 10.6 Å². The predicted octanol–water partition coefficient (Wildman–Crippen LogP) is 1.86. The molecule has 2 aromatic rings. The van der Waals surface area contributed by atoms with Gasteiger partial charge in [0.05, 0.1) is 6.54 Å².